The van der Waals surface area contributed by atoms with E-state index >= 15 is 0 Å². The van der Waals surface area contributed by atoms with E-state index in [9.17, 15) is 14.4 Å². The topological polar surface area (TPSA) is 87.7 Å². The van der Waals surface area contributed by atoms with Gasteiger partial charge in [-0.3, -0.25) is 9.59 Å². The van der Waals surface area contributed by atoms with Crippen molar-refractivity contribution in [1.29, 1.82) is 0 Å². The second kappa shape index (κ2) is 17.7. The molecule has 2 rings (SSSR count). The summed E-state index contributed by atoms with van der Waals surface area (Å²) in [6.45, 7) is 16.0. The minimum absolute atomic E-state index is 0.0348. The third-order valence-corrected chi connectivity index (χ3v) is 7.29. The number of aryl methyl sites for hydroxylation is 2. The van der Waals surface area contributed by atoms with E-state index in [4.69, 9.17) is 4.74 Å². The number of hydrogen-bond donors (Lipinski definition) is 2. The van der Waals surface area contributed by atoms with Crippen molar-refractivity contribution in [3.63, 3.8) is 0 Å². The van der Waals surface area contributed by atoms with Crippen LogP contribution in [0.25, 0.3) is 0 Å². The zero-order valence-electron chi connectivity index (χ0n) is 27.8. The highest BCUT2D eigenvalue weighted by Crippen LogP contribution is 2.27. The summed E-state index contributed by atoms with van der Waals surface area (Å²) in [4.78, 5) is 43.5. The van der Waals surface area contributed by atoms with Gasteiger partial charge in [-0.05, 0) is 65.5 Å². The average Bonchev–Trinajstić information content (AvgIpc) is 2.90. The van der Waals surface area contributed by atoms with Gasteiger partial charge in [0.05, 0.1) is 0 Å². The van der Waals surface area contributed by atoms with E-state index in [1.165, 1.54) is 0 Å². The van der Waals surface area contributed by atoms with Gasteiger partial charge < -0.3 is 20.3 Å². The van der Waals surface area contributed by atoms with E-state index in [1.807, 2.05) is 63.2 Å². The van der Waals surface area contributed by atoms with E-state index < -0.39 is 23.8 Å². The van der Waals surface area contributed by atoms with E-state index in [0.29, 0.717) is 6.54 Å². The quantitative estimate of drug-likeness (QED) is 0.196. The summed E-state index contributed by atoms with van der Waals surface area (Å²) in [5.74, 6) is -0.503. The molecule has 0 fully saturated rings. The van der Waals surface area contributed by atoms with Crippen LogP contribution in [0.3, 0.4) is 0 Å². The molecule has 2 N–H and O–H groups in total. The number of nitrogens with one attached hydrogen (secondary N) is 2. The van der Waals surface area contributed by atoms with Gasteiger partial charge in [-0.2, -0.15) is 0 Å². The first kappa shape index (κ1) is 35.8. The maximum absolute atomic E-state index is 14.6. The lowest BCUT2D eigenvalue weighted by atomic mass is 9.96. The molecular formula is C36H55N3O4. The molecule has 7 nitrogen and oxygen atoms in total. The Balaban J connectivity index is 2.59. The maximum atomic E-state index is 14.6. The molecule has 238 valence electrons. The highest BCUT2D eigenvalue weighted by atomic mass is 16.6. The zero-order valence-corrected chi connectivity index (χ0v) is 27.8. The summed E-state index contributed by atoms with van der Waals surface area (Å²) in [7, 11) is 0. The van der Waals surface area contributed by atoms with Crippen molar-refractivity contribution >= 4 is 17.9 Å². The molecule has 3 atom stereocenters. The van der Waals surface area contributed by atoms with Gasteiger partial charge in [0.2, 0.25) is 11.8 Å². The Labute approximate surface area is 260 Å². The molecule has 2 aromatic carbocycles. The maximum Gasteiger partial charge on any atom is 0.408 e. The molecule has 2 aromatic rings. The van der Waals surface area contributed by atoms with Crippen LogP contribution in [0.2, 0.25) is 0 Å². The first-order valence-electron chi connectivity index (χ1n) is 16.1. The molecule has 3 unspecified atom stereocenters. The molecule has 43 heavy (non-hydrogen) atoms. The predicted molar refractivity (Wildman–Crippen MR) is 175 cm³/mol. The van der Waals surface area contributed by atoms with Crippen LogP contribution < -0.4 is 10.6 Å². The number of alkyl carbamates (subject to hydrolysis) is 1. The van der Waals surface area contributed by atoms with E-state index in [0.717, 1.165) is 67.2 Å². The Morgan fingerprint density at radius 3 is 2.07 bits per heavy atom. The number of rotatable bonds is 16. The van der Waals surface area contributed by atoms with Crippen molar-refractivity contribution in [2.75, 3.05) is 6.54 Å². The summed E-state index contributed by atoms with van der Waals surface area (Å²) in [5.41, 5.74) is 3.01. The molecule has 0 aliphatic carbocycles. The first-order valence-corrected chi connectivity index (χ1v) is 16.1. The molecular weight excluding hydrogens is 538 g/mol. The minimum atomic E-state index is -0.915. The van der Waals surface area contributed by atoms with Crippen molar-refractivity contribution in [3.05, 3.63) is 70.8 Å². The van der Waals surface area contributed by atoms with Gasteiger partial charge in [-0.15, -0.1) is 0 Å². The van der Waals surface area contributed by atoms with Crippen LogP contribution in [0.4, 0.5) is 4.79 Å². The fourth-order valence-corrected chi connectivity index (χ4v) is 5.42. The summed E-state index contributed by atoms with van der Waals surface area (Å²) >= 11 is 0. The van der Waals surface area contributed by atoms with Gasteiger partial charge in [0.25, 0.3) is 0 Å². The lowest BCUT2D eigenvalue weighted by Gasteiger charge is -2.35. The van der Waals surface area contributed by atoms with Gasteiger partial charge in [-0.25, -0.2) is 4.79 Å². The molecule has 0 spiro atoms. The number of nitrogens with zero attached hydrogens (tertiary/aromatic N) is 1. The van der Waals surface area contributed by atoms with Gasteiger partial charge >= 0.3 is 6.09 Å². The minimum Gasteiger partial charge on any atom is -0.444 e. The standard InChI is InChI=1S/C36H55N3O4/c1-9-11-12-13-17-21-39(32(33(40)37-28(5)18-10-2)30-23-26(3)22-27(4)24-30)34(41)31(25-29-19-15-14-16-20-29)38-35(42)43-36(6,7)8/h14-16,19-20,22-24,28,31-32H,9-13,17-18,21,25H2,1-8H3,(H,37,40)(H,38,42). The fraction of sp³-hybridized carbons (Fsp3) is 0.583. The number of carbonyl (C=O) groups is 3. The summed E-state index contributed by atoms with van der Waals surface area (Å²) < 4.78 is 5.56. The number of carbonyl (C=O) groups excluding carboxylic acids is 3. The second-order valence-electron chi connectivity index (χ2n) is 12.9. The summed E-state index contributed by atoms with van der Waals surface area (Å²) in [5, 5.41) is 6.04. The summed E-state index contributed by atoms with van der Waals surface area (Å²) in [6.07, 6.45) is 6.42. The van der Waals surface area contributed by atoms with E-state index in [2.05, 4.69) is 30.5 Å². The van der Waals surface area contributed by atoms with Gasteiger partial charge in [-0.1, -0.05) is 106 Å². The predicted octanol–water partition coefficient (Wildman–Crippen LogP) is 7.58. The highest BCUT2D eigenvalue weighted by molar-refractivity contribution is 5.92. The van der Waals surface area contributed by atoms with Crippen LogP contribution in [0, 0.1) is 13.8 Å². The van der Waals surface area contributed by atoms with Crippen LogP contribution in [0.15, 0.2) is 48.5 Å². The van der Waals surface area contributed by atoms with Crippen molar-refractivity contribution in [3.8, 4) is 0 Å². The van der Waals surface area contributed by atoms with E-state index in [1.54, 1.807) is 25.7 Å². The van der Waals surface area contributed by atoms with Crippen LogP contribution >= 0.6 is 0 Å². The SMILES string of the molecule is CCCCCCCN(C(=O)C(Cc1ccccc1)NC(=O)OC(C)(C)C)C(C(=O)NC(C)CCC)c1cc(C)cc(C)c1. The largest absolute Gasteiger partial charge is 0.444 e. The van der Waals surface area contributed by atoms with Crippen LogP contribution in [-0.2, 0) is 20.7 Å². The molecule has 0 saturated carbocycles. The first-order chi connectivity index (χ1) is 20.3. The smallest absolute Gasteiger partial charge is 0.408 e. The third-order valence-electron chi connectivity index (χ3n) is 7.29. The Bertz CT molecular complexity index is 1140. The molecule has 7 heteroatoms. The molecule has 0 aliphatic rings. The normalized spacial score (nSPS) is 13.5. The van der Waals surface area contributed by atoms with Crippen molar-refractivity contribution in [1.82, 2.24) is 15.5 Å². The Morgan fingerprint density at radius 1 is 0.860 bits per heavy atom. The Kier molecular flexibility index (Phi) is 14.7. The van der Waals surface area contributed by atoms with Crippen LogP contribution in [-0.4, -0.2) is 47.0 Å². The molecule has 0 radical (unpaired) electrons. The van der Waals surface area contributed by atoms with Crippen LogP contribution in [0.5, 0.6) is 0 Å². The van der Waals surface area contributed by atoms with Crippen molar-refractivity contribution in [2.45, 2.75) is 130 Å². The van der Waals surface area contributed by atoms with Gasteiger partial charge in [0, 0.05) is 19.0 Å². The molecule has 0 aliphatic heterocycles. The lowest BCUT2D eigenvalue weighted by molar-refractivity contribution is -0.142. The summed E-state index contributed by atoms with van der Waals surface area (Å²) in [6, 6.07) is 13.9. The van der Waals surface area contributed by atoms with E-state index in [-0.39, 0.29) is 24.3 Å². The van der Waals surface area contributed by atoms with Gasteiger partial charge in [0.15, 0.2) is 0 Å². The number of hydrogen-bond acceptors (Lipinski definition) is 4. The molecule has 3 amide bonds. The average molecular weight is 594 g/mol. The highest BCUT2D eigenvalue weighted by Gasteiger charge is 2.36. The molecule has 0 saturated heterocycles. The van der Waals surface area contributed by atoms with Crippen molar-refractivity contribution < 1.29 is 19.1 Å². The molecule has 0 heterocycles. The van der Waals surface area contributed by atoms with Gasteiger partial charge in [0.1, 0.15) is 17.7 Å². The lowest BCUT2D eigenvalue weighted by Crippen LogP contribution is -2.54. The monoisotopic (exact) mass is 593 g/mol. The van der Waals surface area contributed by atoms with Crippen LogP contribution in [0.1, 0.15) is 115 Å². The number of unbranched alkanes of at least 4 members (excludes halogenated alkanes) is 4. The zero-order chi connectivity index (χ0) is 32.0. The number of benzene rings is 2. The second-order valence-corrected chi connectivity index (χ2v) is 12.9. The Morgan fingerprint density at radius 2 is 1.49 bits per heavy atom. The molecule has 0 bridgehead atoms. The molecule has 0 aromatic heterocycles. The fourth-order valence-electron chi connectivity index (χ4n) is 5.42. The number of ether oxygens (including phenoxy) is 1. The van der Waals surface area contributed by atoms with Crippen molar-refractivity contribution in [2.24, 2.45) is 0 Å². The Hall–Kier alpha value is -3.35. The number of amides is 3. The third kappa shape index (κ3) is 12.8.